The molecule has 12 heteroatoms. The van der Waals surface area contributed by atoms with Gasteiger partial charge in [0.25, 0.3) is 0 Å². The summed E-state index contributed by atoms with van der Waals surface area (Å²) in [5, 5.41) is 2.64. The number of methoxy groups -OCH3 is 1. The second-order valence-corrected chi connectivity index (χ2v) is 11.0. The molecule has 2 heterocycles. The smallest absolute Gasteiger partial charge is 0.412 e. The van der Waals surface area contributed by atoms with E-state index in [1.807, 2.05) is 0 Å². The van der Waals surface area contributed by atoms with Crippen molar-refractivity contribution in [2.24, 2.45) is 0 Å². The summed E-state index contributed by atoms with van der Waals surface area (Å²) in [6.45, 7) is -1.20. The van der Waals surface area contributed by atoms with Gasteiger partial charge >= 0.3 is 12.7 Å². The Labute approximate surface area is 252 Å². The molecular weight excluding hydrogens is 582 g/mol. The fourth-order valence-electron chi connectivity index (χ4n) is 5.94. The minimum atomic E-state index is -3.01. The number of likely N-dealkylation sites (tertiary alicyclic amines) is 1. The van der Waals surface area contributed by atoms with E-state index >= 15 is 0 Å². The van der Waals surface area contributed by atoms with Crippen LogP contribution in [-0.2, 0) is 21.7 Å². The monoisotopic (exact) mass is 615 g/mol. The Kier molecular flexibility index (Phi) is 9.28. The number of halogens is 4. The molecule has 3 aromatic rings. The molecule has 0 saturated carbocycles. The van der Waals surface area contributed by atoms with Gasteiger partial charge in [0.1, 0.15) is 17.2 Å². The summed E-state index contributed by atoms with van der Waals surface area (Å²) in [6.07, 6.45) is 0.771. The van der Waals surface area contributed by atoms with E-state index in [-0.39, 0.29) is 24.0 Å². The zero-order valence-electron chi connectivity index (χ0n) is 24.3. The molecule has 0 bridgehead atoms. The number of alkyl halides is 2. The van der Waals surface area contributed by atoms with Crippen LogP contribution in [-0.4, -0.2) is 62.2 Å². The zero-order chi connectivity index (χ0) is 31.4. The third kappa shape index (κ3) is 6.91. The Balaban J connectivity index is 1.27. The number of amides is 2. The molecule has 2 aliphatic rings. The molecule has 1 fully saturated rings. The zero-order valence-corrected chi connectivity index (χ0v) is 24.3. The van der Waals surface area contributed by atoms with Gasteiger partial charge in [-0.3, -0.25) is 10.1 Å². The van der Waals surface area contributed by atoms with E-state index in [1.54, 1.807) is 25.2 Å². The molecule has 0 aromatic heterocycles. The number of carbonyl (C=O) groups excluding carboxylic acids is 2. The number of hydrogen-bond donors (Lipinski definition) is 1. The third-order valence-electron chi connectivity index (χ3n) is 8.21. The van der Waals surface area contributed by atoms with Gasteiger partial charge in [0.15, 0.2) is 11.5 Å². The number of rotatable bonds is 10. The lowest BCUT2D eigenvalue weighted by atomic mass is 9.82. The molecule has 0 aliphatic carbocycles. The van der Waals surface area contributed by atoms with Gasteiger partial charge in [-0.25, -0.2) is 13.6 Å². The van der Waals surface area contributed by atoms with Crippen LogP contribution in [0.2, 0.25) is 0 Å². The van der Waals surface area contributed by atoms with Crippen LogP contribution in [0.3, 0.4) is 0 Å². The Hall–Kier alpha value is -4.32. The number of anilines is 1. The van der Waals surface area contributed by atoms with Crippen molar-refractivity contribution >= 4 is 17.7 Å². The van der Waals surface area contributed by atoms with E-state index in [0.717, 1.165) is 0 Å². The third-order valence-corrected chi connectivity index (χ3v) is 8.21. The van der Waals surface area contributed by atoms with E-state index in [2.05, 4.69) is 15.0 Å². The summed E-state index contributed by atoms with van der Waals surface area (Å²) in [5.74, 6) is -1.61. The van der Waals surface area contributed by atoms with Crippen molar-refractivity contribution in [2.75, 3.05) is 39.1 Å². The van der Waals surface area contributed by atoms with Gasteiger partial charge in [-0.1, -0.05) is 18.2 Å². The van der Waals surface area contributed by atoms with Crippen LogP contribution in [0.1, 0.15) is 41.9 Å². The molecular formula is C32H33F4N3O5. The van der Waals surface area contributed by atoms with Crippen LogP contribution in [0, 0.1) is 11.6 Å². The van der Waals surface area contributed by atoms with Gasteiger partial charge in [-0.05, 0) is 66.6 Å². The number of fused-ring (bicyclic) bond motifs is 2. The molecule has 44 heavy (non-hydrogen) atoms. The first kappa shape index (κ1) is 31.1. The number of carbonyl (C=O) groups is 2. The van der Waals surface area contributed by atoms with E-state index in [9.17, 15) is 27.2 Å². The molecule has 5 rings (SSSR count). The van der Waals surface area contributed by atoms with E-state index in [0.29, 0.717) is 61.3 Å². The van der Waals surface area contributed by atoms with Gasteiger partial charge in [0, 0.05) is 45.1 Å². The Morgan fingerprint density at radius 2 is 1.73 bits per heavy atom. The number of ether oxygens (including phenoxy) is 3. The van der Waals surface area contributed by atoms with Crippen molar-refractivity contribution in [3.05, 3.63) is 89.0 Å². The highest BCUT2D eigenvalue weighted by atomic mass is 19.3. The van der Waals surface area contributed by atoms with E-state index in [4.69, 9.17) is 9.47 Å². The van der Waals surface area contributed by atoms with Gasteiger partial charge < -0.3 is 24.0 Å². The Morgan fingerprint density at radius 1 is 1.02 bits per heavy atom. The number of nitrogens with zero attached hydrogens (tertiary/aromatic N) is 2. The molecule has 8 nitrogen and oxygen atoms in total. The Morgan fingerprint density at radius 3 is 2.41 bits per heavy atom. The van der Waals surface area contributed by atoms with Gasteiger partial charge in [-0.2, -0.15) is 8.78 Å². The first-order valence-electron chi connectivity index (χ1n) is 14.2. The predicted molar refractivity (Wildman–Crippen MR) is 154 cm³/mol. The average molecular weight is 616 g/mol. The van der Waals surface area contributed by atoms with Gasteiger partial charge in [0.2, 0.25) is 5.91 Å². The normalized spacial score (nSPS) is 16.6. The average Bonchev–Trinajstić information content (AvgIpc) is 2.99. The second kappa shape index (κ2) is 13.1. The highest BCUT2D eigenvalue weighted by Crippen LogP contribution is 2.44. The lowest BCUT2D eigenvalue weighted by Gasteiger charge is -2.44. The van der Waals surface area contributed by atoms with Crippen molar-refractivity contribution in [1.29, 1.82) is 0 Å². The first-order chi connectivity index (χ1) is 21.1. The van der Waals surface area contributed by atoms with Crippen LogP contribution in [0.25, 0.3) is 0 Å². The lowest BCUT2D eigenvalue weighted by Crippen LogP contribution is -2.48. The van der Waals surface area contributed by atoms with Crippen molar-refractivity contribution < 1.29 is 41.4 Å². The molecule has 1 unspecified atom stereocenters. The fraction of sp³-hybridized carbons (Fsp3) is 0.375. The quantitative estimate of drug-likeness (QED) is 0.271. The van der Waals surface area contributed by atoms with Crippen LogP contribution in [0.15, 0.2) is 60.7 Å². The van der Waals surface area contributed by atoms with Crippen LogP contribution >= 0.6 is 0 Å². The molecule has 234 valence electrons. The largest absolute Gasteiger partial charge is 0.493 e. The molecule has 3 aromatic carbocycles. The van der Waals surface area contributed by atoms with Crippen molar-refractivity contribution in [3.63, 3.8) is 0 Å². The summed E-state index contributed by atoms with van der Waals surface area (Å²) in [4.78, 5) is 29.7. The number of piperidine rings is 1. The molecule has 1 N–H and O–H groups in total. The summed E-state index contributed by atoms with van der Waals surface area (Å²) < 4.78 is 68.7. The molecule has 2 amide bonds. The maximum Gasteiger partial charge on any atom is 0.412 e. The van der Waals surface area contributed by atoms with Crippen LogP contribution < -0.4 is 14.8 Å². The highest BCUT2D eigenvalue weighted by Gasteiger charge is 2.44. The predicted octanol–water partition coefficient (Wildman–Crippen LogP) is 6.26. The second-order valence-electron chi connectivity index (χ2n) is 11.0. The van der Waals surface area contributed by atoms with Gasteiger partial charge in [-0.15, -0.1) is 0 Å². The molecule has 1 spiro atoms. The maximum absolute atomic E-state index is 14.1. The molecule has 0 radical (unpaired) electrons. The number of nitrogens with one attached hydrogen (secondary N) is 1. The number of likely N-dealkylation sites (N-methyl/N-ethyl adjacent to an activating group) is 1. The standard InChI is InChI=1S/C32H33F4N3O5/c1-38(19-20-3-10-27(43-30(35)36)28(17-20)42-2)29(40)24(21-4-6-22(33)7-5-21)11-14-39-15-12-32(13-16-39)25-18-23(34)8-9-26(25)37-31(41)44-32/h3-10,17-18,24,30H,11-16,19H2,1-2H3,(H,37,41). The van der Waals surface area contributed by atoms with Crippen LogP contribution in [0.5, 0.6) is 11.5 Å². The topological polar surface area (TPSA) is 80.3 Å². The molecule has 1 saturated heterocycles. The first-order valence-corrected chi connectivity index (χ1v) is 14.2. The van der Waals surface area contributed by atoms with E-state index < -0.39 is 35.9 Å². The summed E-state index contributed by atoms with van der Waals surface area (Å²) >= 11 is 0. The summed E-state index contributed by atoms with van der Waals surface area (Å²) in [6, 6.07) is 14.5. The lowest BCUT2D eigenvalue weighted by molar-refractivity contribution is -0.132. The van der Waals surface area contributed by atoms with Crippen molar-refractivity contribution in [3.8, 4) is 11.5 Å². The van der Waals surface area contributed by atoms with Crippen LogP contribution in [0.4, 0.5) is 28.0 Å². The minimum Gasteiger partial charge on any atom is -0.493 e. The Bertz CT molecular complexity index is 1500. The maximum atomic E-state index is 14.1. The minimum absolute atomic E-state index is 0.111. The van der Waals surface area contributed by atoms with Gasteiger partial charge in [0.05, 0.1) is 18.7 Å². The number of benzene rings is 3. The summed E-state index contributed by atoms with van der Waals surface area (Å²) in [5.41, 5.74) is 1.52. The molecule has 1 atom stereocenters. The van der Waals surface area contributed by atoms with Crippen molar-refractivity contribution in [2.45, 2.75) is 43.9 Å². The molecule has 2 aliphatic heterocycles. The fourth-order valence-corrected chi connectivity index (χ4v) is 5.94. The van der Waals surface area contributed by atoms with Crippen molar-refractivity contribution in [1.82, 2.24) is 9.80 Å². The van der Waals surface area contributed by atoms with E-state index in [1.165, 1.54) is 54.5 Å². The number of hydrogen-bond acceptors (Lipinski definition) is 6. The highest BCUT2D eigenvalue weighted by molar-refractivity contribution is 5.89. The SMILES string of the molecule is COc1cc(CN(C)C(=O)C(CCN2CCC3(CC2)OC(=O)Nc2ccc(F)cc23)c2ccc(F)cc2)ccc1OC(F)F. The summed E-state index contributed by atoms with van der Waals surface area (Å²) in [7, 11) is 2.98.